The average Bonchev–Trinajstić information content (AvgIpc) is 3.10. The average molecular weight is 380 g/mol. The van der Waals surface area contributed by atoms with Gasteiger partial charge >= 0.3 is 0 Å². The smallest absolute Gasteiger partial charge is 0.243 e. The van der Waals surface area contributed by atoms with Gasteiger partial charge < -0.3 is 5.32 Å². The highest BCUT2D eigenvalue weighted by Crippen LogP contribution is 2.26. The van der Waals surface area contributed by atoms with Gasteiger partial charge in [-0.1, -0.05) is 19.4 Å². The Bertz CT molecular complexity index is 740. The Morgan fingerprint density at radius 1 is 1.12 bits per heavy atom. The van der Waals surface area contributed by atoms with E-state index in [1.165, 1.54) is 11.1 Å². The molecule has 26 heavy (non-hydrogen) atoms. The first-order valence-corrected chi connectivity index (χ1v) is 11.1. The van der Waals surface area contributed by atoms with E-state index >= 15 is 0 Å². The Balaban J connectivity index is 1.54. The molecule has 0 spiro atoms. The van der Waals surface area contributed by atoms with Gasteiger partial charge in [0.25, 0.3) is 0 Å². The largest absolute Gasteiger partial charge is 0.355 e. The lowest BCUT2D eigenvalue weighted by atomic mass is 10.1. The summed E-state index contributed by atoms with van der Waals surface area (Å²) in [5, 5.41) is 2.91. The summed E-state index contributed by atoms with van der Waals surface area (Å²) in [6.45, 7) is 5.19. The van der Waals surface area contributed by atoms with E-state index in [-0.39, 0.29) is 5.91 Å². The van der Waals surface area contributed by atoms with Gasteiger partial charge in [0.2, 0.25) is 15.9 Å². The predicted octanol–water partition coefficient (Wildman–Crippen LogP) is 1.40. The number of unbranched alkanes of at least 4 members (excludes halogenated alkanes) is 1. The number of amides is 1. The number of rotatable bonds is 7. The molecule has 0 unspecified atom stereocenters. The van der Waals surface area contributed by atoms with Crippen molar-refractivity contribution in [2.45, 2.75) is 43.9 Å². The number of carbonyl (C=O) groups is 1. The molecule has 2 aliphatic rings. The van der Waals surface area contributed by atoms with Crippen molar-refractivity contribution in [1.29, 1.82) is 0 Å². The molecule has 1 N–H and O–H groups in total. The number of hydrogen-bond acceptors (Lipinski definition) is 4. The summed E-state index contributed by atoms with van der Waals surface area (Å²) in [6, 6.07) is 5.56. The standard InChI is InChI=1S/C19H29N3O3S/c1-2-3-9-20-19(23)15-21-10-12-22(13-11-21)26(24,25)18-8-7-16-5-4-6-17(16)14-18/h7-8,14H,2-6,9-13,15H2,1H3,(H,20,23). The molecule has 144 valence electrons. The number of hydrogen-bond donors (Lipinski definition) is 1. The first-order chi connectivity index (χ1) is 12.5. The predicted molar refractivity (Wildman–Crippen MR) is 102 cm³/mol. The van der Waals surface area contributed by atoms with Crippen molar-refractivity contribution in [2.75, 3.05) is 39.3 Å². The molecule has 1 heterocycles. The lowest BCUT2D eigenvalue weighted by Crippen LogP contribution is -2.51. The zero-order chi connectivity index (χ0) is 18.6. The number of fused-ring (bicyclic) bond motifs is 1. The molecule has 1 aromatic carbocycles. The highest BCUT2D eigenvalue weighted by molar-refractivity contribution is 7.89. The van der Waals surface area contributed by atoms with Crippen molar-refractivity contribution in [1.82, 2.24) is 14.5 Å². The number of nitrogens with zero attached hydrogens (tertiary/aromatic N) is 2. The third kappa shape index (κ3) is 4.45. The SMILES string of the molecule is CCCCNC(=O)CN1CCN(S(=O)(=O)c2ccc3c(c2)CCC3)CC1. The van der Waals surface area contributed by atoms with Crippen LogP contribution >= 0.6 is 0 Å². The molecule has 0 aromatic heterocycles. The summed E-state index contributed by atoms with van der Waals surface area (Å²) < 4.78 is 27.4. The van der Waals surface area contributed by atoms with Gasteiger partial charge in [0.15, 0.2) is 0 Å². The van der Waals surface area contributed by atoms with Gasteiger partial charge in [-0.25, -0.2) is 8.42 Å². The molecule has 0 atom stereocenters. The molecule has 6 nitrogen and oxygen atoms in total. The summed E-state index contributed by atoms with van der Waals surface area (Å²) >= 11 is 0. The lowest BCUT2D eigenvalue weighted by molar-refractivity contribution is -0.122. The van der Waals surface area contributed by atoms with Crippen LogP contribution in [0, 0.1) is 0 Å². The third-order valence-electron chi connectivity index (χ3n) is 5.26. The van der Waals surface area contributed by atoms with Crippen LogP contribution in [0.4, 0.5) is 0 Å². The highest BCUT2D eigenvalue weighted by Gasteiger charge is 2.29. The zero-order valence-electron chi connectivity index (χ0n) is 15.5. The van der Waals surface area contributed by atoms with Crippen LogP contribution < -0.4 is 5.32 Å². The summed E-state index contributed by atoms with van der Waals surface area (Å²) in [5.41, 5.74) is 2.45. The minimum absolute atomic E-state index is 0.0216. The van der Waals surface area contributed by atoms with Crippen molar-refractivity contribution in [3.05, 3.63) is 29.3 Å². The topological polar surface area (TPSA) is 69.7 Å². The lowest BCUT2D eigenvalue weighted by Gasteiger charge is -2.33. The summed E-state index contributed by atoms with van der Waals surface area (Å²) in [4.78, 5) is 14.3. The first kappa shape index (κ1) is 19.3. The Hall–Kier alpha value is -1.44. The van der Waals surface area contributed by atoms with Crippen LogP contribution in [0.25, 0.3) is 0 Å². The first-order valence-electron chi connectivity index (χ1n) is 9.61. The number of carbonyl (C=O) groups excluding carboxylic acids is 1. The second-order valence-electron chi connectivity index (χ2n) is 7.17. The Labute approximate surface area is 156 Å². The molecule has 1 saturated heterocycles. The van der Waals surface area contributed by atoms with Crippen molar-refractivity contribution in [2.24, 2.45) is 0 Å². The number of aryl methyl sites for hydroxylation is 2. The second-order valence-corrected chi connectivity index (χ2v) is 9.11. The van der Waals surface area contributed by atoms with E-state index in [4.69, 9.17) is 0 Å². The summed E-state index contributed by atoms with van der Waals surface area (Å²) in [7, 11) is -3.45. The maximum atomic E-state index is 12.9. The van der Waals surface area contributed by atoms with Crippen molar-refractivity contribution >= 4 is 15.9 Å². The normalized spacial score (nSPS) is 18.7. The third-order valence-corrected chi connectivity index (χ3v) is 7.15. The van der Waals surface area contributed by atoms with E-state index in [0.29, 0.717) is 44.2 Å². The Kier molecular flexibility index (Phi) is 6.32. The number of benzene rings is 1. The fourth-order valence-electron chi connectivity index (χ4n) is 3.65. The molecule has 1 aliphatic heterocycles. The van der Waals surface area contributed by atoms with Gasteiger partial charge in [-0.05, 0) is 48.9 Å². The summed E-state index contributed by atoms with van der Waals surface area (Å²) in [6.07, 6.45) is 5.17. The van der Waals surface area contributed by atoms with Crippen molar-refractivity contribution in [3.8, 4) is 0 Å². The van der Waals surface area contributed by atoms with Crippen LogP contribution in [0.2, 0.25) is 0 Å². The number of nitrogens with one attached hydrogen (secondary N) is 1. The molecule has 0 saturated carbocycles. The van der Waals surface area contributed by atoms with E-state index in [1.807, 2.05) is 17.0 Å². The number of sulfonamides is 1. The molecular weight excluding hydrogens is 350 g/mol. The molecular formula is C19H29N3O3S. The van der Waals surface area contributed by atoms with E-state index in [9.17, 15) is 13.2 Å². The van der Waals surface area contributed by atoms with Crippen LogP contribution in [0.3, 0.4) is 0 Å². The van der Waals surface area contributed by atoms with E-state index in [0.717, 1.165) is 32.1 Å². The van der Waals surface area contributed by atoms with Gasteiger partial charge in [0, 0.05) is 32.7 Å². The maximum absolute atomic E-state index is 12.9. The Morgan fingerprint density at radius 3 is 2.58 bits per heavy atom. The van der Waals surface area contributed by atoms with E-state index in [1.54, 1.807) is 10.4 Å². The van der Waals surface area contributed by atoms with Gasteiger partial charge in [-0.3, -0.25) is 9.69 Å². The fourth-order valence-corrected chi connectivity index (χ4v) is 5.12. The molecule has 3 rings (SSSR count). The molecule has 1 fully saturated rings. The van der Waals surface area contributed by atoms with E-state index in [2.05, 4.69) is 12.2 Å². The quantitative estimate of drug-likeness (QED) is 0.727. The molecule has 0 radical (unpaired) electrons. The zero-order valence-corrected chi connectivity index (χ0v) is 16.4. The van der Waals surface area contributed by atoms with Crippen LogP contribution in [0.5, 0.6) is 0 Å². The molecule has 1 aliphatic carbocycles. The van der Waals surface area contributed by atoms with Crippen LogP contribution in [-0.2, 0) is 27.7 Å². The minimum atomic E-state index is -3.45. The van der Waals surface area contributed by atoms with Gasteiger partial charge in [0.1, 0.15) is 0 Å². The molecule has 1 aromatic rings. The molecule has 7 heteroatoms. The van der Waals surface area contributed by atoms with Crippen molar-refractivity contribution < 1.29 is 13.2 Å². The van der Waals surface area contributed by atoms with Gasteiger partial charge in [-0.2, -0.15) is 4.31 Å². The van der Waals surface area contributed by atoms with E-state index < -0.39 is 10.0 Å². The Morgan fingerprint density at radius 2 is 1.85 bits per heavy atom. The second kappa shape index (κ2) is 8.50. The van der Waals surface area contributed by atoms with Crippen LogP contribution in [0.1, 0.15) is 37.3 Å². The van der Waals surface area contributed by atoms with Gasteiger partial charge in [-0.15, -0.1) is 0 Å². The van der Waals surface area contributed by atoms with Gasteiger partial charge in [0.05, 0.1) is 11.4 Å². The van der Waals surface area contributed by atoms with Crippen molar-refractivity contribution in [3.63, 3.8) is 0 Å². The minimum Gasteiger partial charge on any atom is -0.355 e. The number of piperazine rings is 1. The molecule has 0 bridgehead atoms. The fraction of sp³-hybridized carbons (Fsp3) is 0.632. The monoisotopic (exact) mass is 379 g/mol. The summed E-state index contributed by atoms with van der Waals surface area (Å²) in [5.74, 6) is 0.0216. The van der Waals surface area contributed by atoms with Crippen LogP contribution in [-0.4, -0.2) is 62.8 Å². The maximum Gasteiger partial charge on any atom is 0.243 e. The van der Waals surface area contributed by atoms with Crippen LogP contribution in [0.15, 0.2) is 23.1 Å². The highest BCUT2D eigenvalue weighted by atomic mass is 32.2. The molecule has 1 amide bonds.